The molecule has 4 rings (SSSR count). The first-order chi connectivity index (χ1) is 17.0. The Labute approximate surface area is 207 Å². The van der Waals surface area contributed by atoms with Gasteiger partial charge >= 0.3 is 0 Å². The molecule has 0 saturated carbocycles. The van der Waals surface area contributed by atoms with E-state index in [9.17, 15) is 14.7 Å². The number of fused-ring (bicyclic) bond motifs is 1. The summed E-state index contributed by atoms with van der Waals surface area (Å²) in [4.78, 5) is 31.4. The number of amides is 2. The highest BCUT2D eigenvalue weighted by Crippen LogP contribution is 2.43. The molecule has 0 unspecified atom stereocenters. The molecule has 35 heavy (non-hydrogen) atoms. The summed E-state index contributed by atoms with van der Waals surface area (Å²) in [6, 6.07) is 24.4. The van der Waals surface area contributed by atoms with Crippen molar-refractivity contribution in [3.63, 3.8) is 0 Å². The average Bonchev–Trinajstić information content (AvgIpc) is 2.88. The number of aliphatic hydroxyl groups excluding tert-OH is 1. The van der Waals surface area contributed by atoms with Crippen molar-refractivity contribution in [3.8, 4) is 0 Å². The lowest BCUT2D eigenvalue weighted by molar-refractivity contribution is -0.124. The molecule has 1 aliphatic heterocycles. The van der Waals surface area contributed by atoms with Crippen LogP contribution in [0.4, 0.5) is 0 Å². The van der Waals surface area contributed by atoms with Gasteiger partial charge in [0.2, 0.25) is 5.91 Å². The molecule has 0 spiro atoms. The molecule has 3 aromatic rings. The summed E-state index contributed by atoms with van der Waals surface area (Å²) in [6.45, 7) is 1.78. The Kier molecular flexibility index (Phi) is 7.95. The summed E-state index contributed by atoms with van der Waals surface area (Å²) in [7, 11) is 4.02. The van der Waals surface area contributed by atoms with Gasteiger partial charge in [0.25, 0.3) is 5.91 Å². The molecule has 2 atom stereocenters. The van der Waals surface area contributed by atoms with Crippen LogP contribution in [0.15, 0.2) is 78.9 Å². The van der Waals surface area contributed by atoms with E-state index in [-0.39, 0.29) is 18.4 Å². The van der Waals surface area contributed by atoms with Gasteiger partial charge in [0.1, 0.15) is 0 Å². The van der Waals surface area contributed by atoms with E-state index in [0.717, 1.165) is 35.2 Å². The molecule has 1 aliphatic rings. The Balaban J connectivity index is 1.76. The highest BCUT2D eigenvalue weighted by atomic mass is 16.3. The summed E-state index contributed by atoms with van der Waals surface area (Å²) in [5, 5.41) is 12.7. The van der Waals surface area contributed by atoms with E-state index < -0.39 is 12.0 Å². The first-order valence-corrected chi connectivity index (χ1v) is 12.1. The van der Waals surface area contributed by atoms with Crippen LogP contribution in [0.3, 0.4) is 0 Å². The van der Waals surface area contributed by atoms with Crippen molar-refractivity contribution in [2.75, 3.05) is 27.2 Å². The Bertz CT molecular complexity index is 1150. The van der Waals surface area contributed by atoms with E-state index in [4.69, 9.17) is 0 Å². The zero-order valence-electron chi connectivity index (χ0n) is 20.4. The van der Waals surface area contributed by atoms with Crippen LogP contribution >= 0.6 is 0 Å². The number of rotatable bonds is 9. The summed E-state index contributed by atoms with van der Waals surface area (Å²) >= 11 is 0. The molecule has 0 saturated heterocycles. The summed E-state index contributed by atoms with van der Waals surface area (Å²) in [5.74, 6) is -0.720. The fourth-order valence-electron chi connectivity index (χ4n) is 4.74. The highest BCUT2D eigenvalue weighted by Gasteiger charge is 2.43. The quantitative estimate of drug-likeness (QED) is 0.467. The zero-order chi connectivity index (χ0) is 24.8. The molecule has 1 heterocycles. The summed E-state index contributed by atoms with van der Waals surface area (Å²) < 4.78 is 0. The van der Waals surface area contributed by atoms with E-state index in [1.807, 2.05) is 97.9 Å². The minimum Gasteiger partial charge on any atom is -0.392 e. The van der Waals surface area contributed by atoms with Gasteiger partial charge in [-0.3, -0.25) is 9.59 Å². The van der Waals surface area contributed by atoms with Gasteiger partial charge in [-0.25, -0.2) is 0 Å². The molecule has 0 fully saturated rings. The highest BCUT2D eigenvalue weighted by molar-refractivity contribution is 6.01. The maximum Gasteiger partial charge on any atom is 0.255 e. The normalized spacial score (nSPS) is 17.4. The van der Waals surface area contributed by atoms with Gasteiger partial charge in [0.15, 0.2) is 0 Å². The van der Waals surface area contributed by atoms with Crippen molar-refractivity contribution in [2.24, 2.45) is 0 Å². The maximum absolute atomic E-state index is 13.8. The third-order valence-corrected chi connectivity index (χ3v) is 6.50. The zero-order valence-corrected chi connectivity index (χ0v) is 20.4. The molecule has 3 aromatic carbocycles. The van der Waals surface area contributed by atoms with E-state index in [1.54, 1.807) is 0 Å². The van der Waals surface area contributed by atoms with E-state index >= 15 is 0 Å². The standard InChI is InChI=1S/C29H33N3O3/c1-31(2)18-8-17-30-28(34)26-24-11-6-7-12-25(24)29(35)32(19-21-9-4-3-5-10-21)27(26)23-15-13-22(20-33)14-16-23/h3-7,9-16,26-27,33H,8,17-20H2,1-2H3,(H,30,34)/t26-,27+/m1/s1. The summed E-state index contributed by atoms with van der Waals surface area (Å²) in [5.41, 5.74) is 3.98. The molecular weight excluding hydrogens is 438 g/mol. The third-order valence-electron chi connectivity index (χ3n) is 6.50. The van der Waals surface area contributed by atoms with Crippen LogP contribution in [0, 0.1) is 0 Å². The van der Waals surface area contributed by atoms with Crippen LogP contribution in [0.5, 0.6) is 0 Å². The lowest BCUT2D eigenvalue weighted by Gasteiger charge is -2.42. The van der Waals surface area contributed by atoms with Crippen molar-refractivity contribution >= 4 is 11.8 Å². The van der Waals surface area contributed by atoms with Gasteiger partial charge in [0.05, 0.1) is 18.6 Å². The molecule has 2 amide bonds. The Hall–Kier alpha value is -3.48. The lowest BCUT2D eigenvalue weighted by Crippen LogP contribution is -2.47. The third kappa shape index (κ3) is 5.61. The number of nitrogens with one attached hydrogen (secondary N) is 1. The molecular formula is C29H33N3O3. The van der Waals surface area contributed by atoms with E-state index in [2.05, 4.69) is 10.2 Å². The second-order valence-corrected chi connectivity index (χ2v) is 9.28. The van der Waals surface area contributed by atoms with Crippen molar-refractivity contribution in [1.29, 1.82) is 0 Å². The molecule has 6 heteroatoms. The van der Waals surface area contributed by atoms with Crippen molar-refractivity contribution in [1.82, 2.24) is 15.1 Å². The molecule has 2 N–H and O–H groups in total. The lowest BCUT2D eigenvalue weighted by atomic mass is 9.78. The molecule has 0 radical (unpaired) electrons. The number of hydrogen-bond donors (Lipinski definition) is 2. The van der Waals surface area contributed by atoms with Crippen LogP contribution in [0.25, 0.3) is 0 Å². The minimum atomic E-state index is -0.549. The van der Waals surface area contributed by atoms with Gasteiger partial charge in [0, 0.05) is 18.7 Å². The topological polar surface area (TPSA) is 72.9 Å². The largest absolute Gasteiger partial charge is 0.392 e. The van der Waals surface area contributed by atoms with Crippen molar-refractivity contribution in [2.45, 2.75) is 31.5 Å². The Morgan fingerprint density at radius 2 is 1.63 bits per heavy atom. The average molecular weight is 472 g/mol. The number of carbonyl (C=O) groups is 2. The number of hydrogen-bond acceptors (Lipinski definition) is 4. The number of aliphatic hydroxyl groups is 1. The number of benzene rings is 3. The Morgan fingerprint density at radius 1 is 0.943 bits per heavy atom. The SMILES string of the molecule is CN(C)CCCNC(=O)[C@@H]1c2ccccc2C(=O)N(Cc2ccccc2)[C@H]1c1ccc(CO)cc1. The fourth-order valence-corrected chi connectivity index (χ4v) is 4.74. The molecule has 6 nitrogen and oxygen atoms in total. The first kappa shape index (κ1) is 24.6. The molecule has 0 bridgehead atoms. The predicted octanol–water partition coefficient (Wildman–Crippen LogP) is 3.73. The van der Waals surface area contributed by atoms with E-state index in [1.165, 1.54) is 0 Å². The van der Waals surface area contributed by atoms with Gasteiger partial charge in [-0.2, -0.15) is 0 Å². The smallest absolute Gasteiger partial charge is 0.255 e. The van der Waals surface area contributed by atoms with Crippen LogP contribution in [-0.4, -0.2) is 53.9 Å². The van der Waals surface area contributed by atoms with Crippen LogP contribution in [0.1, 0.15) is 51.0 Å². The second kappa shape index (κ2) is 11.3. The van der Waals surface area contributed by atoms with E-state index in [0.29, 0.717) is 18.7 Å². The maximum atomic E-state index is 13.8. The van der Waals surface area contributed by atoms with Crippen molar-refractivity contribution in [3.05, 3.63) is 107 Å². The predicted molar refractivity (Wildman–Crippen MR) is 137 cm³/mol. The Morgan fingerprint density at radius 3 is 2.31 bits per heavy atom. The van der Waals surface area contributed by atoms with Gasteiger partial charge in [-0.15, -0.1) is 0 Å². The van der Waals surface area contributed by atoms with Crippen LogP contribution in [-0.2, 0) is 17.9 Å². The van der Waals surface area contributed by atoms with Crippen LogP contribution in [0.2, 0.25) is 0 Å². The van der Waals surface area contributed by atoms with Crippen LogP contribution < -0.4 is 5.32 Å². The monoisotopic (exact) mass is 471 g/mol. The number of carbonyl (C=O) groups excluding carboxylic acids is 2. The second-order valence-electron chi connectivity index (χ2n) is 9.28. The fraction of sp³-hybridized carbons (Fsp3) is 0.310. The van der Waals surface area contributed by atoms with Gasteiger partial charge < -0.3 is 20.2 Å². The minimum absolute atomic E-state index is 0.0593. The molecule has 182 valence electrons. The molecule has 0 aliphatic carbocycles. The van der Waals surface area contributed by atoms with Gasteiger partial charge in [-0.1, -0.05) is 72.8 Å². The van der Waals surface area contributed by atoms with Gasteiger partial charge in [-0.05, 0) is 55.4 Å². The first-order valence-electron chi connectivity index (χ1n) is 12.1. The summed E-state index contributed by atoms with van der Waals surface area (Å²) in [6.07, 6.45) is 0.843. The number of nitrogens with zero attached hydrogens (tertiary/aromatic N) is 2. The van der Waals surface area contributed by atoms with Crippen molar-refractivity contribution < 1.29 is 14.7 Å². The molecule has 0 aromatic heterocycles.